The van der Waals surface area contributed by atoms with Crippen LogP contribution in [0.1, 0.15) is 0 Å². The van der Waals surface area contributed by atoms with E-state index in [0.717, 1.165) is 6.66 Å². The molecule has 2 N–H and O–H groups in total. The van der Waals surface area contributed by atoms with E-state index in [2.05, 4.69) is 4.84 Å². The predicted octanol–water partition coefficient (Wildman–Crippen LogP) is -1.63. The third kappa shape index (κ3) is 5.49. The molecule has 0 amide bonds. The first-order valence-electron chi connectivity index (χ1n) is 5.69. The van der Waals surface area contributed by atoms with E-state index in [1.54, 1.807) is 0 Å². The van der Waals surface area contributed by atoms with Gasteiger partial charge in [-0.15, -0.1) is 0 Å². The molecule has 110 valence electrons. The number of hydrogen-bond donors (Lipinski definition) is 1. The van der Waals surface area contributed by atoms with E-state index in [-0.39, 0.29) is 19.8 Å². The quantitative estimate of drug-likeness (QED) is 0.246. The molecule has 1 aliphatic heterocycles. The van der Waals surface area contributed by atoms with E-state index in [1.165, 1.54) is 7.11 Å². The third-order valence-electron chi connectivity index (χ3n) is 2.50. The van der Waals surface area contributed by atoms with Gasteiger partial charge in [0.1, 0.15) is 33.8 Å². The zero-order valence-corrected chi connectivity index (χ0v) is 11.8. The Morgan fingerprint density at radius 2 is 2.11 bits per heavy atom. The Hall–Kier alpha value is 0.0149. The predicted molar refractivity (Wildman–Crippen MR) is 64.6 cm³/mol. The lowest BCUT2D eigenvalue weighted by Crippen LogP contribution is -2.40. The van der Waals surface area contributed by atoms with Crippen LogP contribution in [0.25, 0.3) is 0 Å². The fourth-order valence-corrected chi connectivity index (χ4v) is 2.52. The number of methoxy groups -OCH3 is 1. The summed E-state index contributed by atoms with van der Waals surface area (Å²) in [6, 6.07) is -0.811. The summed E-state index contributed by atoms with van der Waals surface area (Å²) in [6.07, 6.45) is -2.22. The van der Waals surface area contributed by atoms with Gasteiger partial charge >= 0.3 is 0 Å². The lowest BCUT2D eigenvalue weighted by molar-refractivity contribution is -0.205. The molecular formula is C9H18BNO7P-. The van der Waals surface area contributed by atoms with E-state index in [0.29, 0.717) is 0 Å². The summed E-state index contributed by atoms with van der Waals surface area (Å²) in [5, 5.41) is 0. The van der Waals surface area contributed by atoms with Gasteiger partial charge < -0.3 is 33.0 Å². The van der Waals surface area contributed by atoms with E-state index < -0.39 is 31.9 Å². The largest absolute Gasteiger partial charge is 0.779 e. The molecule has 10 heteroatoms. The van der Waals surface area contributed by atoms with Crippen molar-refractivity contribution in [2.24, 2.45) is 5.90 Å². The molecule has 0 aromatic carbocycles. The second-order valence-electron chi connectivity index (χ2n) is 4.14. The molecule has 5 atom stereocenters. The average molecular weight is 294 g/mol. The van der Waals surface area contributed by atoms with Crippen LogP contribution in [-0.4, -0.2) is 65.8 Å². The van der Waals surface area contributed by atoms with Gasteiger partial charge in [-0.2, -0.15) is 0 Å². The van der Waals surface area contributed by atoms with E-state index in [4.69, 9.17) is 32.5 Å². The minimum absolute atomic E-state index is 0.144. The Balaban J connectivity index is 2.70. The number of nitrogens with two attached hydrogens (primary N) is 1. The fraction of sp³-hybridized carbons (Fsp3) is 1.00. The van der Waals surface area contributed by atoms with Crippen molar-refractivity contribution in [2.45, 2.75) is 24.3 Å². The SMILES string of the molecule is [B][C@@H]1O[C@H](COC)C(OP(C)(=O)[O-])[C@@H]1OCCON. The Bertz CT molecular complexity index is 315. The third-order valence-corrected chi connectivity index (χ3v) is 3.13. The molecule has 0 aromatic rings. The van der Waals surface area contributed by atoms with E-state index in [9.17, 15) is 9.46 Å². The summed E-state index contributed by atoms with van der Waals surface area (Å²) in [4.78, 5) is 15.6. The molecule has 1 aliphatic rings. The van der Waals surface area contributed by atoms with Crippen molar-refractivity contribution < 1.29 is 33.0 Å². The maximum atomic E-state index is 11.3. The lowest BCUT2D eigenvalue weighted by atomic mass is 9.93. The first-order chi connectivity index (χ1) is 8.89. The molecule has 2 radical (unpaired) electrons. The minimum atomic E-state index is -3.96. The maximum absolute atomic E-state index is 11.3. The second-order valence-corrected chi connectivity index (χ2v) is 5.90. The van der Waals surface area contributed by atoms with Gasteiger partial charge in [-0.25, -0.2) is 5.90 Å². The van der Waals surface area contributed by atoms with Crippen LogP contribution >= 0.6 is 7.60 Å². The van der Waals surface area contributed by atoms with Crippen LogP contribution in [-0.2, 0) is 28.1 Å². The lowest BCUT2D eigenvalue weighted by Gasteiger charge is -2.29. The summed E-state index contributed by atoms with van der Waals surface area (Å²) in [7, 11) is 3.25. The highest BCUT2D eigenvalue weighted by Gasteiger charge is 2.44. The van der Waals surface area contributed by atoms with Crippen LogP contribution in [0, 0.1) is 0 Å². The fourth-order valence-electron chi connectivity index (χ4n) is 1.82. The van der Waals surface area contributed by atoms with Gasteiger partial charge in [0, 0.05) is 19.8 Å². The van der Waals surface area contributed by atoms with Crippen LogP contribution < -0.4 is 10.8 Å². The van der Waals surface area contributed by atoms with Gasteiger partial charge in [-0.3, -0.25) is 0 Å². The number of ether oxygens (including phenoxy) is 3. The highest BCUT2D eigenvalue weighted by atomic mass is 31.2. The Kier molecular flexibility index (Phi) is 6.92. The van der Waals surface area contributed by atoms with Gasteiger partial charge in [-0.05, 0) is 0 Å². The Labute approximate surface area is 113 Å². The van der Waals surface area contributed by atoms with Crippen molar-refractivity contribution in [3.8, 4) is 0 Å². The van der Waals surface area contributed by atoms with Crippen molar-refractivity contribution in [2.75, 3.05) is 33.6 Å². The van der Waals surface area contributed by atoms with Crippen molar-refractivity contribution in [3.63, 3.8) is 0 Å². The van der Waals surface area contributed by atoms with Gasteiger partial charge in [-0.1, -0.05) is 0 Å². The summed E-state index contributed by atoms with van der Waals surface area (Å²) in [5.74, 6) is 4.87. The van der Waals surface area contributed by atoms with E-state index >= 15 is 0 Å². The molecule has 0 aliphatic carbocycles. The highest BCUT2D eigenvalue weighted by Crippen LogP contribution is 2.39. The normalized spacial score (nSPS) is 34.3. The van der Waals surface area contributed by atoms with Crippen molar-refractivity contribution >= 4 is 15.4 Å². The number of hydrogen-bond acceptors (Lipinski definition) is 8. The van der Waals surface area contributed by atoms with Crippen LogP contribution in [0.2, 0.25) is 0 Å². The molecule has 1 fully saturated rings. The average Bonchev–Trinajstić information content (AvgIpc) is 2.56. The molecule has 1 heterocycles. The summed E-state index contributed by atoms with van der Waals surface area (Å²) in [6.45, 7) is 1.41. The standard InChI is InChI=1S/C9H19BNO7P/c1-14-5-6-7(18-19(2,12)13)8(9(10)17-6)15-3-4-16-11/h6-9H,3-5,11H2,1-2H3,(H,12,13)/p-1/t6-,7?,8+,9-/m1/s1. The van der Waals surface area contributed by atoms with Crippen LogP contribution in [0.4, 0.5) is 0 Å². The first-order valence-corrected chi connectivity index (χ1v) is 7.68. The molecule has 1 rings (SSSR count). The molecular weight excluding hydrogens is 276 g/mol. The molecule has 19 heavy (non-hydrogen) atoms. The summed E-state index contributed by atoms with van der Waals surface area (Å²) in [5.41, 5.74) is 0. The molecule has 0 bridgehead atoms. The minimum Gasteiger partial charge on any atom is -0.779 e. The van der Waals surface area contributed by atoms with Crippen molar-refractivity contribution in [1.29, 1.82) is 0 Å². The Morgan fingerprint density at radius 1 is 1.42 bits per heavy atom. The molecule has 0 spiro atoms. The van der Waals surface area contributed by atoms with Crippen LogP contribution in [0.5, 0.6) is 0 Å². The maximum Gasteiger partial charge on any atom is 0.132 e. The molecule has 2 unspecified atom stereocenters. The Morgan fingerprint density at radius 3 is 2.63 bits per heavy atom. The number of rotatable bonds is 8. The van der Waals surface area contributed by atoms with E-state index in [1.807, 2.05) is 0 Å². The smallest absolute Gasteiger partial charge is 0.132 e. The topological polar surface area (TPSA) is 112 Å². The van der Waals surface area contributed by atoms with Crippen molar-refractivity contribution in [3.05, 3.63) is 0 Å². The second kappa shape index (κ2) is 7.71. The van der Waals surface area contributed by atoms with Crippen LogP contribution in [0.3, 0.4) is 0 Å². The highest BCUT2D eigenvalue weighted by molar-refractivity contribution is 7.50. The monoisotopic (exact) mass is 294 g/mol. The van der Waals surface area contributed by atoms with Gasteiger partial charge in [0.05, 0.1) is 19.8 Å². The zero-order chi connectivity index (χ0) is 14.5. The first kappa shape index (κ1) is 17.1. The molecule has 0 saturated carbocycles. The van der Waals surface area contributed by atoms with Crippen LogP contribution in [0.15, 0.2) is 0 Å². The zero-order valence-electron chi connectivity index (χ0n) is 10.9. The molecule has 1 saturated heterocycles. The summed E-state index contributed by atoms with van der Waals surface area (Å²) >= 11 is 0. The molecule has 8 nitrogen and oxygen atoms in total. The van der Waals surface area contributed by atoms with Gasteiger partial charge in [0.2, 0.25) is 0 Å². The van der Waals surface area contributed by atoms with Crippen molar-refractivity contribution in [1.82, 2.24) is 0 Å². The van der Waals surface area contributed by atoms with Gasteiger partial charge in [0.15, 0.2) is 0 Å². The molecule has 0 aromatic heterocycles. The summed E-state index contributed by atoms with van der Waals surface area (Å²) < 4.78 is 32.0. The van der Waals surface area contributed by atoms with Gasteiger partial charge in [0.25, 0.3) is 0 Å².